The lowest BCUT2D eigenvalue weighted by atomic mass is 10.0. The number of hydrogen-bond acceptors (Lipinski definition) is 3. The fourth-order valence-corrected chi connectivity index (χ4v) is 3.31. The van der Waals surface area contributed by atoms with E-state index in [0.29, 0.717) is 35.0 Å². The number of nitrogens with one attached hydrogen (secondary N) is 1. The first-order valence-corrected chi connectivity index (χ1v) is 8.44. The molecule has 2 amide bonds. The third kappa shape index (κ3) is 3.57. The van der Waals surface area contributed by atoms with E-state index >= 15 is 0 Å². The molecule has 7 heteroatoms. The lowest BCUT2D eigenvalue weighted by Gasteiger charge is -2.35. The number of rotatable bonds is 3. The van der Waals surface area contributed by atoms with Crippen LogP contribution in [0.3, 0.4) is 0 Å². The number of nitrogens with zero attached hydrogens (tertiary/aromatic N) is 1. The summed E-state index contributed by atoms with van der Waals surface area (Å²) < 4.78 is 5.14. The van der Waals surface area contributed by atoms with Gasteiger partial charge in [-0.1, -0.05) is 35.3 Å². The number of methoxy groups -OCH3 is 1. The minimum atomic E-state index is -0.723. The Balaban J connectivity index is 1.96. The van der Waals surface area contributed by atoms with Gasteiger partial charge in [-0.2, -0.15) is 0 Å². The Morgan fingerprint density at radius 3 is 2.56 bits per heavy atom. The summed E-state index contributed by atoms with van der Waals surface area (Å²) in [4.78, 5) is 26.9. The fraction of sp³-hybridized carbons (Fsp3) is 0.222. The molecule has 1 atom stereocenters. The van der Waals surface area contributed by atoms with Crippen LogP contribution in [0.4, 0.5) is 0 Å². The van der Waals surface area contributed by atoms with E-state index in [1.54, 1.807) is 43.5 Å². The highest BCUT2D eigenvalue weighted by Crippen LogP contribution is 2.29. The normalized spacial score (nSPS) is 17.2. The predicted molar refractivity (Wildman–Crippen MR) is 96.2 cm³/mol. The molecule has 0 spiro atoms. The zero-order valence-corrected chi connectivity index (χ0v) is 15.0. The Morgan fingerprint density at radius 2 is 1.92 bits per heavy atom. The monoisotopic (exact) mass is 378 g/mol. The van der Waals surface area contributed by atoms with Gasteiger partial charge in [0.15, 0.2) is 0 Å². The molecule has 1 aliphatic heterocycles. The number of halogens is 2. The number of amides is 2. The number of benzene rings is 2. The van der Waals surface area contributed by atoms with Gasteiger partial charge in [-0.05, 0) is 35.9 Å². The summed E-state index contributed by atoms with van der Waals surface area (Å²) in [6.45, 7) is 0.780. The quantitative estimate of drug-likeness (QED) is 0.890. The highest BCUT2D eigenvalue weighted by Gasteiger charge is 2.35. The first-order valence-electron chi connectivity index (χ1n) is 7.69. The molecular weight excluding hydrogens is 363 g/mol. The molecule has 130 valence electrons. The van der Waals surface area contributed by atoms with Crippen molar-refractivity contribution >= 4 is 35.0 Å². The van der Waals surface area contributed by atoms with Gasteiger partial charge in [0.1, 0.15) is 11.8 Å². The van der Waals surface area contributed by atoms with E-state index < -0.39 is 6.04 Å². The van der Waals surface area contributed by atoms with Crippen molar-refractivity contribution in [3.05, 3.63) is 63.6 Å². The van der Waals surface area contributed by atoms with Crippen LogP contribution in [0.2, 0.25) is 10.0 Å². The average Bonchev–Trinajstić information content (AvgIpc) is 2.61. The van der Waals surface area contributed by atoms with E-state index in [4.69, 9.17) is 27.9 Å². The Morgan fingerprint density at radius 1 is 1.20 bits per heavy atom. The van der Waals surface area contributed by atoms with Crippen molar-refractivity contribution in [2.45, 2.75) is 6.04 Å². The second-order valence-electron chi connectivity index (χ2n) is 5.59. The molecule has 0 aliphatic carbocycles. The Labute approximate surface area is 155 Å². The van der Waals surface area contributed by atoms with Crippen LogP contribution in [0.25, 0.3) is 0 Å². The van der Waals surface area contributed by atoms with E-state index in [-0.39, 0.29) is 16.8 Å². The topological polar surface area (TPSA) is 58.6 Å². The van der Waals surface area contributed by atoms with Gasteiger partial charge in [-0.3, -0.25) is 9.59 Å². The van der Waals surface area contributed by atoms with E-state index in [0.717, 1.165) is 0 Å². The molecule has 0 saturated carbocycles. The highest BCUT2D eigenvalue weighted by molar-refractivity contribution is 6.36. The maximum Gasteiger partial charge on any atom is 0.256 e. The van der Waals surface area contributed by atoms with Crippen molar-refractivity contribution in [1.29, 1.82) is 0 Å². The van der Waals surface area contributed by atoms with Gasteiger partial charge in [0.2, 0.25) is 5.91 Å². The standard InChI is InChI=1S/C18H16Cl2N2O3/c1-25-13-5-2-11(3-6-13)16-17(23)21-8-9-22(16)18(24)14-7-4-12(19)10-15(14)20/h2-7,10,16H,8-9H2,1H3,(H,21,23). The molecule has 1 N–H and O–H groups in total. The van der Waals surface area contributed by atoms with Crippen molar-refractivity contribution < 1.29 is 14.3 Å². The summed E-state index contributed by atoms with van der Waals surface area (Å²) >= 11 is 12.1. The first kappa shape index (κ1) is 17.6. The van der Waals surface area contributed by atoms with Crippen molar-refractivity contribution in [2.24, 2.45) is 0 Å². The second-order valence-corrected chi connectivity index (χ2v) is 6.43. The Bertz CT molecular complexity index is 808. The maximum atomic E-state index is 13.0. The zero-order valence-electron chi connectivity index (χ0n) is 13.5. The number of carbonyl (C=O) groups excluding carboxylic acids is 2. The molecule has 0 aromatic heterocycles. The summed E-state index contributed by atoms with van der Waals surface area (Å²) in [6, 6.07) is 11.0. The maximum absolute atomic E-state index is 13.0. The smallest absolute Gasteiger partial charge is 0.256 e. The van der Waals surface area contributed by atoms with Gasteiger partial charge in [-0.15, -0.1) is 0 Å². The molecule has 0 bridgehead atoms. The first-order chi connectivity index (χ1) is 12.0. The predicted octanol–water partition coefficient (Wildman–Crippen LogP) is 3.32. The molecule has 5 nitrogen and oxygen atoms in total. The van der Waals surface area contributed by atoms with Crippen LogP contribution >= 0.6 is 23.2 Å². The van der Waals surface area contributed by atoms with E-state index in [1.165, 1.54) is 11.0 Å². The summed E-state index contributed by atoms with van der Waals surface area (Å²) in [7, 11) is 1.57. The Kier molecular flexibility index (Phi) is 5.16. The lowest BCUT2D eigenvalue weighted by Crippen LogP contribution is -2.52. The molecule has 1 saturated heterocycles. The average molecular weight is 379 g/mol. The molecule has 2 aromatic carbocycles. The van der Waals surface area contributed by atoms with Crippen LogP contribution in [0.15, 0.2) is 42.5 Å². The molecule has 25 heavy (non-hydrogen) atoms. The van der Waals surface area contributed by atoms with Gasteiger partial charge in [0, 0.05) is 18.1 Å². The molecule has 1 aliphatic rings. The minimum absolute atomic E-state index is 0.227. The van der Waals surface area contributed by atoms with Crippen LogP contribution in [-0.2, 0) is 4.79 Å². The van der Waals surface area contributed by atoms with Crippen LogP contribution in [0.5, 0.6) is 5.75 Å². The van der Waals surface area contributed by atoms with Crippen molar-refractivity contribution in [2.75, 3.05) is 20.2 Å². The van der Waals surface area contributed by atoms with Crippen LogP contribution in [0.1, 0.15) is 22.0 Å². The van der Waals surface area contributed by atoms with Gasteiger partial charge < -0.3 is 15.0 Å². The van der Waals surface area contributed by atoms with Crippen molar-refractivity contribution in [1.82, 2.24) is 10.2 Å². The van der Waals surface area contributed by atoms with Crippen molar-refractivity contribution in [3.63, 3.8) is 0 Å². The lowest BCUT2D eigenvalue weighted by molar-refractivity contribution is -0.128. The van der Waals surface area contributed by atoms with E-state index in [9.17, 15) is 9.59 Å². The second kappa shape index (κ2) is 7.33. The van der Waals surface area contributed by atoms with E-state index in [2.05, 4.69) is 5.32 Å². The number of ether oxygens (including phenoxy) is 1. The van der Waals surface area contributed by atoms with Crippen LogP contribution in [0, 0.1) is 0 Å². The molecule has 1 unspecified atom stereocenters. The number of hydrogen-bond donors (Lipinski definition) is 1. The zero-order chi connectivity index (χ0) is 18.0. The van der Waals surface area contributed by atoms with Crippen LogP contribution < -0.4 is 10.1 Å². The fourth-order valence-electron chi connectivity index (χ4n) is 2.82. The Hall–Kier alpha value is -2.24. The van der Waals surface area contributed by atoms with E-state index in [1.807, 2.05) is 0 Å². The van der Waals surface area contributed by atoms with Gasteiger partial charge in [-0.25, -0.2) is 0 Å². The third-order valence-electron chi connectivity index (χ3n) is 4.07. The molecular formula is C18H16Cl2N2O3. The number of piperazine rings is 1. The number of carbonyl (C=O) groups is 2. The summed E-state index contributed by atoms with van der Waals surface area (Å²) in [5, 5.41) is 3.51. The summed E-state index contributed by atoms with van der Waals surface area (Å²) in [5.74, 6) is 0.144. The largest absolute Gasteiger partial charge is 0.497 e. The van der Waals surface area contributed by atoms with Gasteiger partial charge >= 0.3 is 0 Å². The molecule has 3 rings (SSSR count). The highest BCUT2D eigenvalue weighted by atomic mass is 35.5. The molecule has 1 fully saturated rings. The van der Waals surface area contributed by atoms with Gasteiger partial charge in [0.05, 0.1) is 17.7 Å². The summed E-state index contributed by atoms with van der Waals surface area (Å²) in [6.07, 6.45) is 0. The molecule has 2 aromatic rings. The molecule has 1 heterocycles. The SMILES string of the molecule is COc1ccc(C2C(=O)NCCN2C(=O)c2ccc(Cl)cc2Cl)cc1. The van der Waals surface area contributed by atoms with Crippen molar-refractivity contribution in [3.8, 4) is 5.75 Å². The molecule has 0 radical (unpaired) electrons. The van der Waals surface area contributed by atoms with Crippen LogP contribution in [-0.4, -0.2) is 36.9 Å². The summed E-state index contributed by atoms with van der Waals surface area (Å²) in [5.41, 5.74) is 1.02. The minimum Gasteiger partial charge on any atom is -0.497 e. The third-order valence-corrected chi connectivity index (χ3v) is 4.61. The van der Waals surface area contributed by atoms with Gasteiger partial charge in [0.25, 0.3) is 5.91 Å².